The third kappa shape index (κ3) is 3.16. The number of rotatable bonds is 4. The van der Waals surface area contributed by atoms with Crippen molar-refractivity contribution in [3.05, 3.63) is 29.3 Å². The van der Waals surface area contributed by atoms with Gasteiger partial charge in [0.15, 0.2) is 5.78 Å². The Morgan fingerprint density at radius 3 is 2.79 bits per heavy atom. The molecule has 0 aliphatic carbocycles. The highest BCUT2D eigenvalue weighted by Crippen LogP contribution is 2.28. The lowest BCUT2D eigenvalue weighted by molar-refractivity contribution is 0.0899. The van der Waals surface area contributed by atoms with Crippen molar-refractivity contribution in [3.8, 4) is 5.75 Å². The second kappa shape index (κ2) is 6.20. The Kier molecular flexibility index (Phi) is 4.59. The highest BCUT2D eigenvalue weighted by molar-refractivity contribution is 5.98. The van der Waals surface area contributed by atoms with E-state index in [4.69, 9.17) is 4.74 Å². The molecule has 1 N–H and O–H groups in total. The van der Waals surface area contributed by atoms with Gasteiger partial charge in [-0.05, 0) is 49.1 Å². The van der Waals surface area contributed by atoms with Crippen LogP contribution in [0.2, 0.25) is 0 Å². The number of carbonyl (C=O) groups is 1. The molecule has 0 bridgehead atoms. The van der Waals surface area contributed by atoms with E-state index < -0.39 is 0 Å². The van der Waals surface area contributed by atoms with Gasteiger partial charge in [-0.15, -0.1) is 0 Å². The molecule has 1 saturated heterocycles. The lowest BCUT2D eigenvalue weighted by Gasteiger charge is -2.22. The van der Waals surface area contributed by atoms with Crippen LogP contribution in [0.5, 0.6) is 5.75 Å². The Bertz CT molecular complexity index is 448. The Balaban J connectivity index is 2.24. The third-order valence-corrected chi connectivity index (χ3v) is 3.80. The molecular formula is C16H23NO2. The number of hydrogen-bond acceptors (Lipinski definition) is 3. The summed E-state index contributed by atoms with van der Waals surface area (Å²) in [6.07, 6.45) is 2.08. The molecule has 1 aliphatic heterocycles. The smallest absolute Gasteiger partial charge is 0.167 e. The monoisotopic (exact) mass is 261 g/mol. The molecule has 3 nitrogen and oxygen atoms in total. The van der Waals surface area contributed by atoms with Gasteiger partial charge in [0.05, 0.1) is 7.11 Å². The molecule has 0 saturated carbocycles. The molecule has 1 aliphatic rings. The molecule has 1 aromatic rings. The molecule has 2 rings (SSSR count). The summed E-state index contributed by atoms with van der Waals surface area (Å²) in [5, 5.41) is 3.30. The minimum Gasteiger partial charge on any atom is -0.496 e. The van der Waals surface area contributed by atoms with Crippen LogP contribution >= 0.6 is 0 Å². The summed E-state index contributed by atoms with van der Waals surface area (Å²) in [5.74, 6) is 1.61. The van der Waals surface area contributed by atoms with E-state index in [0.29, 0.717) is 5.92 Å². The van der Waals surface area contributed by atoms with Crippen molar-refractivity contribution in [1.29, 1.82) is 0 Å². The van der Waals surface area contributed by atoms with Gasteiger partial charge in [0.2, 0.25) is 0 Å². The van der Waals surface area contributed by atoms with E-state index in [1.807, 2.05) is 18.2 Å². The molecule has 1 heterocycles. The normalized spacial score (nSPS) is 19.5. The average Bonchev–Trinajstić information content (AvgIpc) is 2.46. The van der Waals surface area contributed by atoms with E-state index in [1.54, 1.807) is 7.11 Å². The van der Waals surface area contributed by atoms with Crippen LogP contribution in [0.25, 0.3) is 0 Å². The van der Waals surface area contributed by atoms with E-state index in [2.05, 4.69) is 19.2 Å². The highest BCUT2D eigenvalue weighted by Gasteiger charge is 2.23. The number of hydrogen-bond donors (Lipinski definition) is 1. The summed E-state index contributed by atoms with van der Waals surface area (Å²) in [6, 6.07) is 5.81. The number of nitrogens with one attached hydrogen (secondary N) is 1. The number of carbonyl (C=O) groups excluding carboxylic acids is 1. The fraction of sp³-hybridized carbons (Fsp3) is 0.562. The lowest BCUT2D eigenvalue weighted by atomic mass is 9.89. The molecule has 0 spiro atoms. The van der Waals surface area contributed by atoms with Crippen molar-refractivity contribution in [2.75, 3.05) is 20.2 Å². The molecule has 1 atom stereocenters. The average molecular weight is 261 g/mol. The topological polar surface area (TPSA) is 38.3 Å². The van der Waals surface area contributed by atoms with E-state index in [-0.39, 0.29) is 11.7 Å². The summed E-state index contributed by atoms with van der Waals surface area (Å²) >= 11 is 0. The van der Waals surface area contributed by atoms with Gasteiger partial charge in [-0.1, -0.05) is 13.8 Å². The van der Waals surface area contributed by atoms with Crippen molar-refractivity contribution in [1.82, 2.24) is 5.32 Å². The number of piperidine rings is 1. The quantitative estimate of drug-likeness (QED) is 0.847. The molecule has 0 amide bonds. The van der Waals surface area contributed by atoms with Gasteiger partial charge in [0, 0.05) is 18.0 Å². The van der Waals surface area contributed by atoms with Gasteiger partial charge in [-0.25, -0.2) is 0 Å². The summed E-state index contributed by atoms with van der Waals surface area (Å²) in [7, 11) is 1.67. The van der Waals surface area contributed by atoms with E-state index in [0.717, 1.165) is 42.8 Å². The van der Waals surface area contributed by atoms with E-state index >= 15 is 0 Å². The summed E-state index contributed by atoms with van der Waals surface area (Å²) in [5.41, 5.74) is 1.93. The van der Waals surface area contributed by atoms with Crippen molar-refractivity contribution in [2.45, 2.75) is 32.6 Å². The van der Waals surface area contributed by atoms with Crippen LogP contribution in [-0.2, 0) is 0 Å². The van der Waals surface area contributed by atoms with Gasteiger partial charge < -0.3 is 10.1 Å². The molecular weight excluding hydrogens is 238 g/mol. The zero-order valence-corrected chi connectivity index (χ0v) is 12.0. The van der Waals surface area contributed by atoms with Crippen molar-refractivity contribution in [3.63, 3.8) is 0 Å². The Labute approximate surface area is 115 Å². The van der Waals surface area contributed by atoms with Crippen LogP contribution in [0.3, 0.4) is 0 Å². The number of benzene rings is 1. The first-order valence-electron chi connectivity index (χ1n) is 7.06. The Morgan fingerprint density at radius 2 is 2.21 bits per heavy atom. The van der Waals surface area contributed by atoms with E-state index in [9.17, 15) is 4.79 Å². The lowest BCUT2D eigenvalue weighted by Crippen LogP contribution is -2.34. The molecule has 3 heteroatoms. The predicted molar refractivity (Wildman–Crippen MR) is 77.0 cm³/mol. The Hall–Kier alpha value is -1.35. The van der Waals surface area contributed by atoms with Crippen molar-refractivity contribution >= 4 is 5.78 Å². The molecule has 0 aromatic heterocycles. The number of methoxy groups -OCH3 is 1. The fourth-order valence-electron chi connectivity index (χ4n) is 2.65. The first kappa shape index (κ1) is 14.1. The minimum absolute atomic E-state index is 0.127. The minimum atomic E-state index is 0.127. The number of ketones is 1. The fourth-order valence-corrected chi connectivity index (χ4v) is 2.65. The van der Waals surface area contributed by atoms with Crippen LogP contribution in [0.15, 0.2) is 18.2 Å². The molecule has 19 heavy (non-hydrogen) atoms. The Morgan fingerprint density at radius 1 is 1.42 bits per heavy atom. The van der Waals surface area contributed by atoms with Gasteiger partial charge in [0.25, 0.3) is 0 Å². The van der Waals surface area contributed by atoms with Crippen molar-refractivity contribution < 1.29 is 9.53 Å². The number of ether oxygens (including phenoxy) is 1. The first-order chi connectivity index (χ1) is 9.13. The van der Waals surface area contributed by atoms with Gasteiger partial charge in [0.1, 0.15) is 5.75 Å². The molecule has 1 unspecified atom stereocenters. The predicted octanol–water partition coefficient (Wildman–Crippen LogP) is 3.00. The van der Waals surface area contributed by atoms with Crippen LogP contribution in [-0.4, -0.2) is 26.0 Å². The second-order valence-corrected chi connectivity index (χ2v) is 5.52. The van der Waals surface area contributed by atoms with E-state index in [1.165, 1.54) is 0 Å². The zero-order chi connectivity index (χ0) is 13.8. The maximum atomic E-state index is 12.5. The van der Waals surface area contributed by atoms with Crippen LogP contribution in [0, 0.1) is 5.92 Å². The van der Waals surface area contributed by atoms with Gasteiger partial charge >= 0.3 is 0 Å². The zero-order valence-electron chi connectivity index (χ0n) is 12.0. The molecule has 104 valence electrons. The van der Waals surface area contributed by atoms with Crippen LogP contribution < -0.4 is 10.1 Å². The summed E-state index contributed by atoms with van der Waals surface area (Å²) < 4.78 is 5.36. The maximum Gasteiger partial charge on any atom is 0.167 e. The number of Topliss-reactive ketones (excluding diaryl/α,β-unsaturated/α-hetero) is 1. The SMILES string of the molecule is COc1ccc(C(=O)C2CCCNC2)cc1C(C)C. The van der Waals surface area contributed by atoms with Crippen molar-refractivity contribution in [2.24, 2.45) is 5.92 Å². The summed E-state index contributed by atoms with van der Waals surface area (Å²) in [4.78, 5) is 12.5. The second-order valence-electron chi connectivity index (χ2n) is 5.52. The molecule has 1 aromatic carbocycles. The van der Waals surface area contributed by atoms with Gasteiger partial charge in [-0.3, -0.25) is 4.79 Å². The third-order valence-electron chi connectivity index (χ3n) is 3.80. The maximum absolute atomic E-state index is 12.5. The van der Waals surface area contributed by atoms with Crippen LogP contribution in [0.4, 0.5) is 0 Å². The highest BCUT2D eigenvalue weighted by atomic mass is 16.5. The van der Waals surface area contributed by atoms with Crippen LogP contribution in [0.1, 0.15) is 48.5 Å². The largest absolute Gasteiger partial charge is 0.496 e. The van der Waals surface area contributed by atoms with Gasteiger partial charge in [-0.2, -0.15) is 0 Å². The summed E-state index contributed by atoms with van der Waals surface area (Å²) in [6.45, 7) is 6.08. The first-order valence-corrected chi connectivity index (χ1v) is 7.06. The standard InChI is InChI=1S/C16H23NO2/c1-11(2)14-9-12(6-7-15(14)19-3)16(18)13-5-4-8-17-10-13/h6-7,9,11,13,17H,4-5,8,10H2,1-3H3. The molecule has 0 radical (unpaired) electrons. The molecule has 1 fully saturated rings.